The van der Waals surface area contributed by atoms with Crippen LogP contribution >= 0.6 is 12.2 Å². The molecule has 2 N–H and O–H groups in total. The van der Waals surface area contributed by atoms with Gasteiger partial charge < -0.3 is 19.7 Å². The molecule has 1 atom stereocenters. The SMILES string of the molecule is COCCOC(=O)CC1C(=O)NCCN1C(=S)NC(=O)c1ccc(-c2ccccc2)cc1. The number of amides is 2. The monoisotopic (exact) mass is 455 g/mol. The van der Waals surface area contributed by atoms with Gasteiger partial charge in [0.05, 0.1) is 13.0 Å². The lowest BCUT2D eigenvalue weighted by Crippen LogP contribution is -2.60. The van der Waals surface area contributed by atoms with Gasteiger partial charge in [-0.2, -0.15) is 0 Å². The number of rotatable bonds is 7. The van der Waals surface area contributed by atoms with E-state index >= 15 is 0 Å². The maximum Gasteiger partial charge on any atom is 0.308 e. The number of benzene rings is 2. The van der Waals surface area contributed by atoms with Crippen molar-refractivity contribution in [1.29, 1.82) is 0 Å². The molecule has 1 aliphatic heterocycles. The van der Waals surface area contributed by atoms with Crippen LogP contribution in [0.3, 0.4) is 0 Å². The number of methoxy groups -OCH3 is 1. The van der Waals surface area contributed by atoms with E-state index < -0.39 is 12.0 Å². The summed E-state index contributed by atoms with van der Waals surface area (Å²) < 4.78 is 9.90. The van der Waals surface area contributed by atoms with Crippen LogP contribution in [0.5, 0.6) is 0 Å². The minimum Gasteiger partial charge on any atom is -0.463 e. The van der Waals surface area contributed by atoms with Gasteiger partial charge in [-0.15, -0.1) is 0 Å². The second-order valence-electron chi connectivity index (χ2n) is 7.12. The van der Waals surface area contributed by atoms with Crippen LogP contribution in [0.2, 0.25) is 0 Å². The normalized spacial score (nSPS) is 15.6. The molecule has 168 valence electrons. The van der Waals surface area contributed by atoms with Crippen LogP contribution in [0.1, 0.15) is 16.8 Å². The van der Waals surface area contributed by atoms with Crippen LogP contribution in [0.15, 0.2) is 54.6 Å². The third kappa shape index (κ3) is 6.12. The van der Waals surface area contributed by atoms with Crippen molar-refractivity contribution in [3.8, 4) is 11.1 Å². The predicted molar refractivity (Wildman–Crippen MR) is 123 cm³/mol. The topological polar surface area (TPSA) is 97.0 Å². The fourth-order valence-corrected chi connectivity index (χ4v) is 3.61. The number of ether oxygens (including phenoxy) is 2. The minimum absolute atomic E-state index is 0.0895. The van der Waals surface area contributed by atoms with Crippen molar-refractivity contribution >= 4 is 35.1 Å². The average Bonchev–Trinajstić information content (AvgIpc) is 2.81. The summed E-state index contributed by atoms with van der Waals surface area (Å²) in [7, 11) is 1.50. The van der Waals surface area contributed by atoms with Gasteiger partial charge in [0.15, 0.2) is 5.11 Å². The first-order chi connectivity index (χ1) is 15.5. The summed E-state index contributed by atoms with van der Waals surface area (Å²) in [5, 5.41) is 5.47. The number of esters is 1. The van der Waals surface area contributed by atoms with Gasteiger partial charge >= 0.3 is 5.97 Å². The number of thiocarbonyl (C=S) groups is 1. The van der Waals surface area contributed by atoms with E-state index in [0.717, 1.165) is 11.1 Å². The highest BCUT2D eigenvalue weighted by atomic mass is 32.1. The quantitative estimate of drug-likeness (QED) is 0.373. The summed E-state index contributed by atoms with van der Waals surface area (Å²) >= 11 is 5.38. The summed E-state index contributed by atoms with van der Waals surface area (Å²) in [6, 6.07) is 16.1. The summed E-state index contributed by atoms with van der Waals surface area (Å²) in [4.78, 5) is 38.7. The zero-order valence-electron chi connectivity index (χ0n) is 17.7. The van der Waals surface area contributed by atoms with Crippen molar-refractivity contribution in [3.05, 3.63) is 60.2 Å². The molecule has 1 aliphatic rings. The second-order valence-corrected chi connectivity index (χ2v) is 7.51. The molecule has 8 nitrogen and oxygen atoms in total. The molecule has 1 saturated heterocycles. The van der Waals surface area contributed by atoms with Gasteiger partial charge in [-0.3, -0.25) is 19.7 Å². The molecule has 1 unspecified atom stereocenters. The maximum atomic E-state index is 12.7. The van der Waals surface area contributed by atoms with Crippen molar-refractivity contribution in [2.45, 2.75) is 12.5 Å². The summed E-state index contributed by atoms with van der Waals surface area (Å²) in [5.41, 5.74) is 2.48. The molecule has 0 aliphatic carbocycles. The molecule has 0 saturated carbocycles. The van der Waals surface area contributed by atoms with Crippen molar-refractivity contribution < 1.29 is 23.9 Å². The second kappa shape index (κ2) is 11.4. The molecule has 0 spiro atoms. The summed E-state index contributed by atoms with van der Waals surface area (Å²) in [6.45, 7) is 1.09. The van der Waals surface area contributed by atoms with Gasteiger partial charge in [-0.25, -0.2) is 0 Å². The van der Waals surface area contributed by atoms with E-state index in [1.54, 1.807) is 17.0 Å². The van der Waals surface area contributed by atoms with Crippen molar-refractivity contribution in [3.63, 3.8) is 0 Å². The van der Waals surface area contributed by atoms with Gasteiger partial charge in [-0.05, 0) is 35.5 Å². The van der Waals surface area contributed by atoms with Crippen LogP contribution in [0.25, 0.3) is 11.1 Å². The Morgan fingerprint density at radius 3 is 2.47 bits per heavy atom. The number of hydrogen-bond acceptors (Lipinski definition) is 6. The standard InChI is InChI=1S/C23H25N3O5S/c1-30-13-14-31-20(27)15-19-22(29)24-11-12-26(19)23(32)25-21(28)18-9-7-17(8-10-18)16-5-3-2-4-6-16/h2-10,19H,11-15H2,1H3,(H,24,29)(H,25,28,32). The predicted octanol–water partition coefficient (Wildman–Crippen LogP) is 1.75. The maximum absolute atomic E-state index is 12.7. The molecule has 1 fully saturated rings. The Bertz CT molecular complexity index is 965. The Labute approximate surface area is 191 Å². The van der Waals surface area contributed by atoms with E-state index in [1.807, 2.05) is 42.5 Å². The number of carbonyl (C=O) groups excluding carboxylic acids is 3. The Balaban J connectivity index is 1.62. The lowest BCUT2D eigenvalue weighted by molar-refractivity contribution is -0.148. The van der Waals surface area contributed by atoms with Gasteiger partial charge in [0.25, 0.3) is 5.91 Å². The Kier molecular flexibility index (Phi) is 8.29. The Morgan fingerprint density at radius 2 is 1.78 bits per heavy atom. The van der Waals surface area contributed by atoms with Crippen LogP contribution in [-0.4, -0.2) is 67.3 Å². The van der Waals surface area contributed by atoms with Crippen molar-refractivity contribution in [2.24, 2.45) is 0 Å². The highest BCUT2D eigenvalue weighted by Crippen LogP contribution is 2.19. The zero-order valence-corrected chi connectivity index (χ0v) is 18.5. The van der Waals surface area contributed by atoms with Crippen LogP contribution < -0.4 is 10.6 Å². The molecule has 1 heterocycles. The first kappa shape index (κ1) is 23.4. The zero-order chi connectivity index (χ0) is 22.9. The minimum atomic E-state index is -0.855. The first-order valence-corrected chi connectivity index (χ1v) is 10.6. The molecule has 0 aromatic heterocycles. The summed E-state index contributed by atoms with van der Waals surface area (Å²) in [5.74, 6) is -1.27. The first-order valence-electron chi connectivity index (χ1n) is 10.2. The molecule has 2 aromatic rings. The molecule has 9 heteroatoms. The van der Waals surface area contributed by atoms with Gasteiger partial charge in [0.1, 0.15) is 12.6 Å². The smallest absolute Gasteiger partial charge is 0.308 e. The van der Waals surface area contributed by atoms with E-state index in [4.69, 9.17) is 21.7 Å². The molecule has 2 amide bonds. The summed E-state index contributed by atoms with van der Waals surface area (Å²) in [6.07, 6.45) is -0.183. The fraction of sp³-hybridized carbons (Fsp3) is 0.304. The van der Waals surface area contributed by atoms with Crippen molar-refractivity contribution in [2.75, 3.05) is 33.4 Å². The molecule has 3 rings (SSSR count). The lowest BCUT2D eigenvalue weighted by atomic mass is 10.0. The van der Waals surface area contributed by atoms with Crippen LogP contribution in [-0.2, 0) is 19.1 Å². The molecular formula is C23H25N3O5S. The number of piperazine rings is 1. The fourth-order valence-electron chi connectivity index (χ4n) is 3.30. The highest BCUT2D eigenvalue weighted by molar-refractivity contribution is 7.80. The van der Waals surface area contributed by atoms with Crippen LogP contribution in [0.4, 0.5) is 0 Å². The molecule has 2 aromatic carbocycles. The number of hydrogen-bond donors (Lipinski definition) is 2. The van der Waals surface area contributed by atoms with E-state index in [2.05, 4.69) is 10.6 Å². The molecule has 32 heavy (non-hydrogen) atoms. The van der Waals surface area contributed by atoms with E-state index in [1.165, 1.54) is 7.11 Å². The molecule has 0 bridgehead atoms. The van der Waals surface area contributed by atoms with Gasteiger partial charge in [0, 0.05) is 25.8 Å². The number of carbonyl (C=O) groups is 3. The lowest BCUT2D eigenvalue weighted by Gasteiger charge is -2.36. The number of nitrogens with one attached hydrogen (secondary N) is 2. The van der Waals surface area contributed by atoms with E-state index in [0.29, 0.717) is 18.7 Å². The Hall–Kier alpha value is -3.30. The van der Waals surface area contributed by atoms with Gasteiger partial charge in [0.2, 0.25) is 5.91 Å². The number of nitrogens with zero attached hydrogens (tertiary/aromatic N) is 1. The third-order valence-corrected chi connectivity index (χ3v) is 5.31. The molecule has 0 radical (unpaired) electrons. The largest absolute Gasteiger partial charge is 0.463 e. The average molecular weight is 456 g/mol. The van der Waals surface area contributed by atoms with Gasteiger partial charge in [-0.1, -0.05) is 42.5 Å². The third-order valence-electron chi connectivity index (χ3n) is 4.98. The molecular weight excluding hydrogens is 430 g/mol. The van der Waals surface area contributed by atoms with E-state index in [9.17, 15) is 14.4 Å². The van der Waals surface area contributed by atoms with E-state index in [-0.39, 0.29) is 36.6 Å². The highest BCUT2D eigenvalue weighted by Gasteiger charge is 2.34. The van der Waals surface area contributed by atoms with Crippen molar-refractivity contribution in [1.82, 2.24) is 15.5 Å². The van der Waals surface area contributed by atoms with Crippen LogP contribution in [0, 0.1) is 0 Å². The Morgan fingerprint density at radius 1 is 1.09 bits per heavy atom.